The zero-order valence-corrected chi connectivity index (χ0v) is 17.1. The van der Waals surface area contributed by atoms with Gasteiger partial charge in [0.2, 0.25) is 5.91 Å². The number of para-hydroxylation sites is 1. The minimum Gasteiger partial charge on any atom is -0.493 e. The van der Waals surface area contributed by atoms with Crippen molar-refractivity contribution in [1.82, 2.24) is 5.32 Å². The van der Waals surface area contributed by atoms with Crippen LogP contribution in [0.15, 0.2) is 61.2 Å². The molecule has 2 aliphatic heterocycles. The van der Waals surface area contributed by atoms with Gasteiger partial charge in [-0.2, -0.15) is 0 Å². The van der Waals surface area contributed by atoms with E-state index in [4.69, 9.17) is 9.47 Å². The molecule has 4 rings (SSSR count). The van der Waals surface area contributed by atoms with E-state index in [0.29, 0.717) is 24.7 Å². The van der Waals surface area contributed by atoms with Gasteiger partial charge in [0.1, 0.15) is 12.3 Å². The standard InChI is InChI=1S/C24H26N2O3/c1-5-14-29-20-11-10-17(15-21(20)28-4)12-13-24-23(2,3)18-8-6-7-9-19(18)26(24)16-22(27)25-24/h5-13,15H,1,14,16H2,2-4H3,(H,25,27)/t24-/m0/s1. The topological polar surface area (TPSA) is 50.8 Å². The Kier molecular flexibility index (Phi) is 4.61. The normalized spacial score (nSPS) is 21.6. The number of ether oxygens (including phenoxy) is 2. The number of amides is 1. The largest absolute Gasteiger partial charge is 0.493 e. The molecule has 150 valence electrons. The molecule has 5 heteroatoms. The van der Waals surface area contributed by atoms with E-state index in [-0.39, 0.29) is 11.3 Å². The molecule has 0 aliphatic carbocycles. The lowest BCUT2D eigenvalue weighted by Gasteiger charge is -2.40. The number of nitrogens with zero attached hydrogens (tertiary/aromatic N) is 1. The van der Waals surface area contributed by atoms with Crippen LogP contribution >= 0.6 is 0 Å². The van der Waals surface area contributed by atoms with Crippen LogP contribution in [-0.4, -0.2) is 31.8 Å². The number of carbonyl (C=O) groups is 1. The number of fused-ring (bicyclic) bond motifs is 3. The number of nitrogens with one attached hydrogen (secondary N) is 1. The molecule has 1 saturated heterocycles. The number of hydrogen-bond donors (Lipinski definition) is 1. The van der Waals surface area contributed by atoms with Gasteiger partial charge in [-0.15, -0.1) is 0 Å². The molecule has 0 aromatic heterocycles. The first-order chi connectivity index (χ1) is 13.9. The zero-order valence-electron chi connectivity index (χ0n) is 17.1. The Labute approximate surface area is 171 Å². The quantitative estimate of drug-likeness (QED) is 0.760. The lowest BCUT2D eigenvalue weighted by Crippen LogP contribution is -2.58. The van der Waals surface area contributed by atoms with Crippen molar-refractivity contribution in [3.8, 4) is 11.5 Å². The molecule has 2 aromatic carbocycles. The van der Waals surface area contributed by atoms with E-state index in [9.17, 15) is 4.79 Å². The summed E-state index contributed by atoms with van der Waals surface area (Å²) < 4.78 is 11.1. The summed E-state index contributed by atoms with van der Waals surface area (Å²) in [5.74, 6) is 1.36. The van der Waals surface area contributed by atoms with Crippen LogP contribution in [0.3, 0.4) is 0 Å². The molecule has 0 radical (unpaired) electrons. The fourth-order valence-corrected chi connectivity index (χ4v) is 4.41. The second kappa shape index (κ2) is 6.99. The zero-order chi connectivity index (χ0) is 20.6. The number of methoxy groups -OCH3 is 1. The summed E-state index contributed by atoms with van der Waals surface area (Å²) in [4.78, 5) is 14.6. The summed E-state index contributed by atoms with van der Waals surface area (Å²) in [5.41, 5.74) is 2.40. The van der Waals surface area contributed by atoms with Crippen molar-refractivity contribution < 1.29 is 14.3 Å². The van der Waals surface area contributed by atoms with Crippen LogP contribution in [0.5, 0.6) is 11.5 Å². The number of anilines is 1. The predicted molar refractivity (Wildman–Crippen MR) is 115 cm³/mol. The first kappa shape index (κ1) is 19.1. The Morgan fingerprint density at radius 1 is 1.21 bits per heavy atom. The molecule has 0 spiro atoms. The van der Waals surface area contributed by atoms with E-state index in [0.717, 1.165) is 11.3 Å². The van der Waals surface area contributed by atoms with Gasteiger partial charge >= 0.3 is 0 Å². The van der Waals surface area contributed by atoms with Crippen LogP contribution in [0.4, 0.5) is 5.69 Å². The van der Waals surface area contributed by atoms with Gasteiger partial charge in [0.05, 0.1) is 13.7 Å². The lowest BCUT2D eigenvalue weighted by molar-refractivity contribution is -0.118. The van der Waals surface area contributed by atoms with E-state index < -0.39 is 5.66 Å². The Hall–Kier alpha value is -3.21. The average Bonchev–Trinajstić information content (AvgIpc) is 3.16. The predicted octanol–water partition coefficient (Wildman–Crippen LogP) is 3.90. The van der Waals surface area contributed by atoms with Crippen LogP contribution in [-0.2, 0) is 10.2 Å². The summed E-state index contributed by atoms with van der Waals surface area (Å²) in [6.45, 7) is 8.79. The van der Waals surface area contributed by atoms with Crippen LogP contribution < -0.4 is 19.7 Å². The lowest BCUT2D eigenvalue weighted by atomic mass is 9.75. The Bertz CT molecular complexity index is 995. The molecule has 0 saturated carbocycles. The summed E-state index contributed by atoms with van der Waals surface area (Å²) in [6, 6.07) is 14.1. The van der Waals surface area contributed by atoms with Gasteiger partial charge < -0.3 is 19.7 Å². The van der Waals surface area contributed by atoms with Crippen molar-refractivity contribution in [1.29, 1.82) is 0 Å². The van der Waals surface area contributed by atoms with Crippen LogP contribution in [0.2, 0.25) is 0 Å². The monoisotopic (exact) mass is 390 g/mol. The van der Waals surface area contributed by atoms with Crippen molar-refractivity contribution in [3.63, 3.8) is 0 Å². The van der Waals surface area contributed by atoms with Gasteiger partial charge in [-0.3, -0.25) is 4.79 Å². The molecule has 0 unspecified atom stereocenters. The molecule has 29 heavy (non-hydrogen) atoms. The van der Waals surface area contributed by atoms with Crippen LogP contribution in [0, 0.1) is 0 Å². The Balaban J connectivity index is 1.72. The van der Waals surface area contributed by atoms with Crippen molar-refractivity contribution in [3.05, 3.63) is 72.3 Å². The van der Waals surface area contributed by atoms with Crippen LogP contribution in [0.1, 0.15) is 25.0 Å². The molecule has 2 heterocycles. The molecule has 2 aliphatic rings. The van der Waals surface area contributed by atoms with Crippen molar-refractivity contribution in [2.45, 2.75) is 24.9 Å². The fourth-order valence-electron chi connectivity index (χ4n) is 4.41. The molecule has 1 atom stereocenters. The third-order valence-corrected chi connectivity index (χ3v) is 5.94. The highest BCUT2D eigenvalue weighted by Gasteiger charge is 2.59. The molecule has 1 fully saturated rings. The molecule has 1 amide bonds. The first-order valence-corrected chi connectivity index (χ1v) is 9.72. The fraction of sp³-hybridized carbons (Fsp3) is 0.292. The maximum Gasteiger partial charge on any atom is 0.241 e. The SMILES string of the molecule is C=CCOc1ccc(C=C[C@]23NC(=O)CN2c2ccccc2C3(C)C)cc1OC. The van der Waals surface area contributed by atoms with Gasteiger partial charge in [-0.25, -0.2) is 0 Å². The second-order valence-corrected chi connectivity index (χ2v) is 7.89. The molecule has 2 aromatic rings. The summed E-state index contributed by atoms with van der Waals surface area (Å²) in [7, 11) is 1.62. The maximum atomic E-state index is 12.4. The highest BCUT2D eigenvalue weighted by molar-refractivity contribution is 5.91. The smallest absolute Gasteiger partial charge is 0.241 e. The van der Waals surface area contributed by atoms with Crippen molar-refractivity contribution in [2.24, 2.45) is 0 Å². The van der Waals surface area contributed by atoms with Crippen LogP contribution in [0.25, 0.3) is 6.08 Å². The maximum absolute atomic E-state index is 12.4. The Morgan fingerprint density at radius 3 is 2.76 bits per heavy atom. The summed E-state index contributed by atoms with van der Waals surface area (Å²) >= 11 is 0. The number of hydrogen-bond acceptors (Lipinski definition) is 4. The Morgan fingerprint density at radius 2 is 2.00 bits per heavy atom. The minimum atomic E-state index is -0.612. The third kappa shape index (κ3) is 2.89. The van der Waals surface area contributed by atoms with Gasteiger partial charge in [0, 0.05) is 11.1 Å². The summed E-state index contributed by atoms with van der Waals surface area (Å²) in [6.07, 6.45) is 5.83. The number of rotatable bonds is 6. The molecular formula is C24H26N2O3. The second-order valence-electron chi connectivity index (χ2n) is 7.89. The highest BCUT2D eigenvalue weighted by Crippen LogP contribution is 2.52. The number of carbonyl (C=O) groups excluding carboxylic acids is 1. The van der Waals surface area contributed by atoms with E-state index in [2.05, 4.69) is 54.9 Å². The van der Waals surface area contributed by atoms with E-state index in [1.54, 1.807) is 13.2 Å². The summed E-state index contributed by atoms with van der Waals surface area (Å²) in [5, 5.41) is 3.24. The minimum absolute atomic E-state index is 0.0305. The third-order valence-electron chi connectivity index (χ3n) is 5.94. The average molecular weight is 390 g/mol. The first-order valence-electron chi connectivity index (χ1n) is 9.72. The van der Waals surface area contributed by atoms with E-state index >= 15 is 0 Å². The van der Waals surface area contributed by atoms with Crippen molar-refractivity contribution in [2.75, 3.05) is 25.2 Å². The van der Waals surface area contributed by atoms with Gasteiger partial charge in [-0.1, -0.05) is 56.8 Å². The molecule has 5 nitrogen and oxygen atoms in total. The molecule has 1 N–H and O–H groups in total. The van der Waals surface area contributed by atoms with Gasteiger partial charge in [-0.05, 0) is 35.4 Å². The van der Waals surface area contributed by atoms with E-state index in [1.165, 1.54) is 5.56 Å². The van der Waals surface area contributed by atoms with Crippen molar-refractivity contribution >= 4 is 17.7 Å². The van der Waals surface area contributed by atoms with Gasteiger partial charge in [0.15, 0.2) is 11.5 Å². The molecule has 0 bridgehead atoms. The van der Waals surface area contributed by atoms with Gasteiger partial charge in [0.25, 0.3) is 0 Å². The number of benzene rings is 2. The highest BCUT2D eigenvalue weighted by atomic mass is 16.5. The molecular weight excluding hydrogens is 364 g/mol. The van der Waals surface area contributed by atoms with E-state index in [1.807, 2.05) is 30.3 Å².